The molecule has 5 aliphatic rings. The van der Waals surface area contributed by atoms with Crippen molar-refractivity contribution < 1.29 is 28.5 Å². The Morgan fingerprint density at radius 2 is 1.70 bits per heavy atom. The Labute approximate surface area is 263 Å². The highest BCUT2D eigenvalue weighted by Crippen LogP contribution is 2.70. The zero-order valence-electron chi connectivity index (χ0n) is 29.3. The third-order valence-electron chi connectivity index (χ3n) is 14.3. The summed E-state index contributed by atoms with van der Waals surface area (Å²) in [6.07, 6.45) is 11.1. The molecule has 0 radical (unpaired) electrons. The molecular weight excluding hydrogens is 556 g/mol. The third kappa shape index (κ3) is 6.05. The number of fused-ring (bicyclic) bond motifs is 7. The molecule has 4 aliphatic carbocycles. The quantitative estimate of drug-likeness (QED) is 0.221. The summed E-state index contributed by atoms with van der Waals surface area (Å²) in [6.45, 7) is 22.2. The van der Waals surface area contributed by atoms with Gasteiger partial charge >= 0.3 is 5.97 Å². The minimum atomic E-state index is -2.16. The lowest BCUT2D eigenvalue weighted by atomic mass is 9.44. The molecule has 13 atom stereocenters. The number of ether oxygens (including phenoxy) is 3. The predicted octanol–water partition coefficient (Wildman–Crippen LogP) is 7.77. The lowest BCUT2D eigenvalue weighted by Crippen LogP contribution is -2.55. The molecule has 0 unspecified atom stereocenters. The summed E-state index contributed by atoms with van der Waals surface area (Å²) in [5.74, 6) is 3.67. The van der Waals surface area contributed by atoms with Crippen molar-refractivity contribution in [3.05, 3.63) is 0 Å². The highest BCUT2D eigenvalue weighted by Gasteiger charge is 2.66. The van der Waals surface area contributed by atoms with Gasteiger partial charge in [-0.15, -0.1) is 0 Å². The van der Waals surface area contributed by atoms with Crippen LogP contribution < -0.4 is 0 Å². The molecule has 0 bridgehead atoms. The molecule has 0 aromatic heterocycles. The van der Waals surface area contributed by atoms with Crippen LogP contribution >= 0.6 is 0 Å². The highest BCUT2D eigenvalue weighted by molar-refractivity contribution is 6.74. The molecule has 0 aromatic carbocycles. The van der Waals surface area contributed by atoms with Crippen molar-refractivity contribution in [2.24, 2.45) is 46.3 Å². The van der Waals surface area contributed by atoms with Crippen LogP contribution in [0.3, 0.4) is 0 Å². The zero-order chi connectivity index (χ0) is 31.8. The Bertz CT molecular complexity index is 1020. The molecule has 7 heteroatoms. The number of rotatable bonds is 8. The van der Waals surface area contributed by atoms with Gasteiger partial charge in [-0.1, -0.05) is 41.5 Å². The lowest BCUT2D eigenvalue weighted by Gasteiger charge is -2.61. The van der Waals surface area contributed by atoms with Crippen LogP contribution in [0, 0.1) is 46.3 Å². The van der Waals surface area contributed by atoms with Gasteiger partial charge in [0.25, 0.3) is 0 Å². The Hall–Kier alpha value is -0.473. The molecule has 0 aromatic rings. The van der Waals surface area contributed by atoms with Crippen molar-refractivity contribution in [2.75, 3.05) is 13.7 Å². The van der Waals surface area contributed by atoms with E-state index in [0.29, 0.717) is 29.8 Å². The molecule has 0 spiro atoms. The number of hydrogen-bond donors (Lipinski definition) is 1. The van der Waals surface area contributed by atoms with E-state index in [1.165, 1.54) is 58.3 Å². The maximum atomic E-state index is 11.6. The van der Waals surface area contributed by atoms with Crippen LogP contribution in [0.2, 0.25) is 18.1 Å². The van der Waals surface area contributed by atoms with E-state index in [9.17, 15) is 9.90 Å². The molecule has 0 amide bonds. The van der Waals surface area contributed by atoms with Crippen LogP contribution in [0.4, 0.5) is 0 Å². The van der Waals surface area contributed by atoms with Gasteiger partial charge < -0.3 is 23.7 Å². The minimum absolute atomic E-state index is 0.0264. The maximum Gasteiger partial charge on any atom is 0.302 e. The minimum Gasteiger partial charge on any atom is -0.463 e. The molecule has 248 valence electrons. The van der Waals surface area contributed by atoms with Gasteiger partial charge in [-0.05, 0) is 123 Å². The fourth-order valence-electron chi connectivity index (χ4n) is 11.0. The Kier molecular flexibility index (Phi) is 9.18. The second kappa shape index (κ2) is 11.6. The van der Waals surface area contributed by atoms with Crippen LogP contribution in [0.15, 0.2) is 0 Å². The van der Waals surface area contributed by atoms with E-state index < -0.39 is 13.9 Å². The van der Waals surface area contributed by atoms with Gasteiger partial charge in [0, 0.05) is 20.5 Å². The van der Waals surface area contributed by atoms with Crippen LogP contribution in [0.1, 0.15) is 113 Å². The summed E-state index contributed by atoms with van der Waals surface area (Å²) in [6, 6.07) is 0. The number of carbonyl (C=O) groups excluding carboxylic acids is 1. The molecule has 43 heavy (non-hydrogen) atoms. The number of carbonyl (C=O) groups is 1. The van der Waals surface area contributed by atoms with Gasteiger partial charge in [-0.25, -0.2) is 0 Å². The monoisotopic (exact) mass is 620 g/mol. The van der Waals surface area contributed by atoms with Crippen LogP contribution in [-0.4, -0.2) is 63.1 Å². The number of aliphatic hydroxyl groups is 1. The van der Waals surface area contributed by atoms with E-state index >= 15 is 0 Å². The Balaban J connectivity index is 1.36. The molecule has 1 N–H and O–H groups in total. The second-order valence-electron chi connectivity index (χ2n) is 18.0. The van der Waals surface area contributed by atoms with E-state index in [0.717, 1.165) is 23.7 Å². The topological polar surface area (TPSA) is 74.2 Å². The normalized spacial score (nSPS) is 44.9. The zero-order valence-corrected chi connectivity index (χ0v) is 30.3. The molecule has 5 fully saturated rings. The van der Waals surface area contributed by atoms with Crippen molar-refractivity contribution >= 4 is 14.3 Å². The lowest BCUT2D eigenvalue weighted by molar-refractivity contribution is -0.151. The van der Waals surface area contributed by atoms with Gasteiger partial charge in [0.15, 0.2) is 8.32 Å². The average molecular weight is 621 g/mol. The van der Waals surface area contributed by atoms with Crippen molar-refractivity contribution in [3.63, 3.8) is 0 Å². The van der Waals surface area contributed by atoms with E-state index in [2.05, 4.69) is 54.6 Å². The highest BCUT2D eigenvalue weighted by atomic mass is 28.4. The van der Waals surface area contributed by atoms with Gasteiger partial charge in [-0.2, -0.15) is 0 Å². The standard InChI is InChI=1S/C36H64O6Si/c1-22-31-29(41-32(22)30(42-43(10,11)33(3,4)5)20-34(6,38)21-40-23(2)37)19-28-26-13-12-24-18-25(39-9)14-16-35(24,7)27(26)15-17-36(28,31)8/h22,24-32,38H,12-21H2,1-11H3/t22-,24-,25-,26+,27-,28-,29-,30-,31-,32-,34-,35-,36-/m0/s1. The SMILES string of the molecule is CO[C@H]1CC[C@@]2(C)[C@@H](CC[C@@H]3[C@@H]2CC[C@]2(C)[C@H]4[C@H](C)[C@@H]([C@H](C[C@](C)(O)COC(C)=O)O[Si](C)(C)C(C)(C)C)O[C@H]4C[C@@H]32)C1. The van der Waals surface area contributed by atoms with Crippen LogP contribution in [0.5, 0.6) is 0 Å². The molecular formula is C36H64O6Si. The largest absolute Gasteiger partial charge is 0.463 e. The maximum absolute atomic E-state index is 11.6. The summed E-state index contributed by atoms with van der Waals surface area (Å²) in [5, 5.41) is 11.4. The summed E-state index contributed by atoms with van der Waals surface area (Å²) < 4.78 is 25.4. The van der Waals surface area contributed by atoms with Crippen LogP contribution in [0.25, 0.3) is 0 Å². The van der Waals surface area contributed by atoms with Gasteiger partial charge in [0.1, 0.15) is 6.61 Å². The van der Waals surface area contributed by atoms with Crippen LogP contribution in [-0.2, 0) is 23.4 Å². The van der Waals surface area contributed by atoms with E-state index in [-0.39, 0.29) is 41.3 Å². The van der Waals surface area contributed by atoms with Crippen molar-refractivity contribution in [3.8, 4) is 0 Å². The average Bonchev–Trinajstić information content (AvgIpc) is 3.39. The van der Waals surface area contributed by atoms with E-state index in [1.807, 2.05) is 7.11 Å². The fraction of sp³-hybridized carbons (Fsp3) is 0.972. The first kappa shape index (κ1) is 33.9. The summed E-state index contributed by atoms with van der Waals surface area (Å²) in [7, 11) is -0.261. The van der Waals surface area contributed by atoms with Gasteiger partial charge in [0.2, 0.25) is 0 Å². The first-order chi connectivity index (χ1) is 19.8. The van der Waals surface area contributed by atoms with Crippen molar-refractivity contribution in [2.45, 2.75) is 161 Å². The Morgan fingerprint density at radius 1 is 1.02 bits per heavy atom. The Morgan fingerprint density at radius 3 is 2.33 bits per heavy atom. The first-order valence-corrected chi connectivity index (χ1v) is 20.5. The molecule has 1 heterocycles. The molecule has 6 nitrogen and oxygen atoms in total. The fourth-order valence-corrected chi connectivity index (χ4v) is 12.4. The summed E-state index contributed by atoms with van der Waals surface area (Å²) in [5.41, 5.74) is -0.434. The molecule has 1 aliphatic heterocycles. The van der Waals surface area contributed by atoms with Gasteiger partial charge in [-0.3, -0.25) is 4.79 Å². The third-order valence-corrected chi connectivity index (χ3v) is 18.8. The molecule has 1 saturated heterocycles. The first-order valence-electron chi connectivity index (χ1n) is 17.5. The molecule has 4 saturated carbocycles. The smallest absolute Gasteiger partial charge is 0.302 e. The van der Waals surface area contributed by atoms with Crippen molar-refractivity contribution in [1.82, 2.24) is 0 Å². The number of hydrogen-bond acceptors (Lipinski definition) is 6. The van der Waals surface area contributed by atoms with E-state index in [4.69, 9.17) is 18.6 Å². The summed E-state index contributed by atoms with van der Waals surface area (Å²) in [4.78, 5) is 11.6. The van der Waals surface area contributed by atoms with Gasteiger partial charge in [0.05, 0.1) is 30.0 Å². The predicted molar refractivity (Wildman–Crippen MR) is 173 cm³/mol. The van der Waals surface area contributed by atoms with E-state index in [1.54, 1.807) is 6.92 Å². The summed E-state index contributed by atoms with van der Waals surface area (Å²) >= 11 is 0. The number of esters is 1. The van der Waals surface area contributed by atoms with Crippen molar-refractivity contribution in [1.29, 1.82) is 0 Å². The number of methoxy groups -OCH3 is 1. The molecule has 5 rings (SSSR count). The second-order valence-corrected chi connectivity index (χ2v) is 22.7.